The van der Waals surface area contributed by atoms with Crippen LogP contribution in [0.15, 0.2) is 97.3 Å². The Balaban J connectivity index is 1.18. The number of aromatic nitrogens is 2. The normalized spacial score (nSPS) is 24.6. The minimum Gasteiger partial charge on any atom is -0.370 e. The second-order valence-corrected chi connectivity index (χ2v) is 12.2. The van der Waals surface area contributed by atoms with Crippen LogP contribution in [-0.2, 0) is 0 Å². The molecule has 0 N–H and O–H groups in total. The summed E-state index contributed by atoms with van der Waals surface area (Å²) in [6.45, 7) is 4.35. The molecule has 8 rings (SSSR count). The fourth-order valence-corrected chi connectivity index (χ4v) is 8.03. The van der Waals surface area contributed by atoms with E-state index in [1.165, 1.54) is 72.0 Å². The molecule has 3 aliphatic rings. The average Bonchev–Trinajstić information content (AvgIpc) is 3.66. The zero-order valence-corrected chi connectivity index (χ0v) is 23.0. The molecule has 0 radical (unpaired) electrons. The third-order valence-electron chi connectivity index (χ3n) is 10.0. The number of benzene rings is 3. The lowest BCUT2D eigenvalue weighted by Crippen LogP contribution is -2.20. The Morgan fingerprint density at radius 3 is 1.43 bits per heavy atom. The van der Waals surface area contributed by atoms with E-state index in [0.29, 0.717) is 11.8 Å². The Morgan fingerprint density at radius 1 is 0.500 bits per heavy atom. The zero-order chi connectivity index (χ0) is 26.5. The smallest absolute Gasteiger partial charge is 0.0986 e. The van der Waals surface area contributed by atoms with Gasteiger partial charge in [-0.1, -0.05) is 73.5 Å². The van der Waals surface area contributed by atoms with Crippen molar-refractivity contribution in [3.63, 3.8) is 0 Å². The van der Waals surface area contributed by atoms with E-state index in [9.17, 15) is 0 Å². The predicted octanol–water partition coefficient (Wildman–Crippen LogP) is 7.80. The molecule has 1 saturated carbocycles. The van der Waals surface area contributed by atoms with Crippen LogP contribution in [0.2, 0.25) is 0 Å². The SMILES string of the molecule is c1ccc(C2CN(c3ccnc4c3ccc3c(N5CC6CCCCC6C5)ccnc34)CC2c2ccccc2)cc1. The lowest BCUT2D eigenvalue weighted by atomic mass is 9.82. The highest BCUT2D eigenvalue weighted by Crippen LogP contribution is 2.44. The molecule has 40 heavy (non-hydrogen) atoms. The van der Waals surface area contributed by atoms with Crippen LogP contribution in [0.4, 0.5) is 11.4 Å². The predicted molar refractivity (Wildman–Crippen MR) is 165 cm³/mol. The van der Waals surface area contributed by atoms with Crippen molar-refractivity contribution in [3.05, 3.63) is 108 Å². The minimum atomic E-state index is 0.440. The molecule has 0 bridgehead atoms. The van der Waals surface area contributed by atoms with Crippen LogP contribution in [-0.4, -0.2) is 36.1 Å². The van der Waals surface area contributed by atoms with E-state index in [1.807, 2.05) is 12.4 Å². The van der Waals surface area contributed by atoms with Gasteiger partial charge in [-0.15, -0.1) is 0 Å². The molecule has 2 aliphatic heterocycles. The number of pyridine rings is 2. The molecular formula is C36H36N4. The first-order chi connectivity index (χ1) is 19.8. The topological polar surface area (TPSA) is 32.3 Å². The maximum absolute atomic E-state index is 4.93. The number of hydrogen-bond donors (Lipinski definition) is 0. The number of anilines is 2. The Kier molecular flexibility index (Phi) is 5.93. The number of hydrogen-bond acceptors (Lipinski definition) is 4. The van der Waals surface area contributed by atoms with Crippen molar-refractivity contribution >= 4 is 33.2 Å². The molecular weight excluding hydrogens is 488 g/mol. The van der Waals surface area contributed by atoms with E-state index in [4.69, 9.17) is 9.97 Å². The van der Waals surface area contributed by atoms with Crippen molar-refractivity contribution in [3.8, 4) is 0 Å². The van der Waals surface area contributed by atoms with Crippen LogP contribution in [0.25, 0.3) is 21.8 Å². The van der Waals surface area contributed by atoms with Gasteiger partial charge in [-0.2, -0.15) is 0 Å². The first kappa shape index (κ1) is 23.9. The molecule has 3 fully saturated rings. The van der Waals surface area contributed by atoms with Crippen molar-refractivity contribution in [1.29, 1.82) is 0 Å². The molecule has 4 unspecified atom stereocenters. The van der Waals surface area contributed by atoms with Crippen LogP contribution in [0.1, 0.15) is 48.6 Å². The highest BCUT2D eigenvalue weighted by molar-refractivity contribution is 6.10. The third-order valence-corrected chi connectivity index (χ3v) is 10.0. The summed E-state index contributed by atoms with van der Waals surface area (Å²) in [4.78, 5) is 15.1. The van der Waals surface area contributed by atoms with Gasteiger partial charge in [0.15, 0.2) is 0 Å². The van der Waals surface area contributed by atoms with Gasteiger partial charge in [-0.25, -0.2) is 0 Å². The summed E-state index contributed by atoms with van der Waals surface area (Å²) in [5, 5.41) is 2.44. The molecule has 0 amide bonds. The van der Waals surface area contributed by atoms with Gasteiger partial charge in [0.1, 0.15) is 0 Å². The molecule has 3 aromatic carbocycles. The summed E-state index contributed by atoms with van der Waals surface area (Å²) >= 11 is 0. The second-order valence-electron chi connectivity index (χ2n) is 12.2. The van der Waals surface area contributed by atoms with E-state index in [-0.39, 0.29) is 0 Å². The quantitative estimate of drug-likeness (QED) is 0.225. The molecule has 1 aliphatic carbocycles. The molecule has 2 saturated heterocycles. The van der Waals surface area contributed by atoms with Crippen molar-refractivity contribution in [2.75, 3.05) is 36.0 Å². The van der Waals surface area contributed by atoms with Gasteiger partial charge < -0.3 is 9.80 Å². The first-order valence-electron chi connectivity index (χ1n) is 15.1. The zero-order valence-electron chi connectivity index (χ0n) is 23.0. The lowest BCUT2D eigenvalue weighted by Gasteiger charge is -2.23. The molecule has 4 atom stereocenters. The second kappa shape index (κ2) is 9.92. The fraction of sp³-hybridized carbons (Fsp3) is 0.333. The van der Waals surface area contributed by atoms with Gasteiger partial charge >= 0.3 is 0 Å². The Labute approximate surface area is 236 Å². The van der Waals surface area contributed by atoms with Crippen LogP contribution in [0, 0.1) is 11.8 Å². The highest BCUT2D eigenvalue weighted by atomic mass is 15.2. The van der Waals surface area contributed by atoms with Crippen LogP contribution in [0.5, 0.6) is 0 Å². The van der Waals surface area contributed by atoms with Crippen LogP contribution in [0.3, 0.4) is 0 Å². The Morgan fingerprint density at radius 2 is 0.950 bits per heavy atom. The molecule has 4 heterocycles. The van der Waals surface area contributed by atoms with E-state index in [0.717, 1.165) is 36.0 Å². The number of fused-ring (bicyclic) bond motifs is 4. The summed E-state index contributed by atoms with van der Waals surface area (Å²) in [7, 11) is 0. The average molecular weight is 525 g/mol. The van der Waals surface area contributed by atoms with Gasteiger partial charge in [-0.3, -0.25) is 9.97 Å². The Bertz CT molecular complexity index is 1590. The van der Waals surface area contributed by atoms with Crippen molar-refractivity contribution in [2.24, 2.45) is 11.8 Å². The molecule has 0 spiro atoms. The largest absolute Gasteiger partial charge is 0.370 e. The van der Waals surface area contributed by atoms with Crippen molar-refractivity contribution < 1.29 is 0 Å². The highest BCUT2D eigenvalue weighted by Gasteiger charge is 2.37. The molecule has 2 aromatic heterocycles. The maximum atomic E-state index is 4.93. The van der Waals surface area contributed by atoms with E-state index in [2.05, 4.69) is 94.7 Å². The monoisotopic (exact) mass is 524 g/mol. The number of nitrogens with zero attached hydrogens (tertiary/aromatic N) is 4. The summed E-state index contributed by atoms with van der Waals surface area (Å²) in [6, 6.07) is 31.2. The van der Waals surface area contributed by atoms with E-state index >= 15 is 0 Å². The minimum absolute atomic E-state index is 0.440. The van der Waals surface area contributed by atoms with Crippen LogP contribution < -0.4 is 9.80 Å². The van der Waals surface area contributed by atoms with E-state index in [1.54, 1.807) is 0 Å². The van der Waals surface area contributed by atoms with Gasteiger partial charge in [-0.05, 0) is 60.1 Å². The summed E-state index contributed by atoms with van der Waals surface area (Å²) in [5.41, 5.74) is 7.49. The molecule has 4 heteroatoms. The van der Waals surface area contributed by atoms with Crippen molar-refractivity contribution in [1.82, 2.24) is 9.97 Å². The van der Waals surface area contributed by atoms with Gasteiger partial charge in [0.05, 0.1) is 11.0 Å². The van der Waals surface area contributed by atoms with Crippen LogP contribution >= 0.6 is 0 Å². The molecule has 200 valence electrons. The lowest BCUT2D eigenvalue weighted by molar-refractivity contribution is 0.299. The maximum Gasteiger partial charge on any atom is 0.0986 e. The standard InChI is InChI=1S/C36H36N4/c1-3-9-25(10-4-1)31-23-40(24-32(31)26-11-5-2-6-12-26)34-18-20-38-36-30(34)16-15-29-33(17-19-37-35(29)36)39-21-27-13-7-8-14-28(27)22-39/h1-6,9-12,15-20,27-28,31-32H,7-8,13-14,21-24H2. The van der Waals surface area contributed by atoms with Crippen molar-refractivity contribution in [2.45, 2.75) is 37.5 Å². The third kappa shape index (κ3) is 4.04. The summed E-state index contributed by atoms with van der Waals surface area (Å²) < 4.78 is 0. The van der Waals surface area contributed by atoms with Gasteiger partial charge in [0, 0.05) is 72.6 Å². The van der Waals surface area contributed by atoms with E-state index < -0.39 is 0 Å². The van der Waals surface area contributed by atoms with Gasteiger partial charge in [0.2, 0.25) is 0 Å². The summed E-state index contributed by atoms with van der Waals surface area (Å²) in [5.74, 6) is 2.59. The first-order valence-corrected chi connectivity index (χ1v) is 15.1. The molecule has 5 aromatic rings. The Hall–Kier alpha value is -3.92. The van der Waals surface area contributed by atoms with Gasteiger partial charge in [0.25, 0.3) is 0 Å². The number of rotatable bonds is 4. The summed E-state index contributed by atoms with van der Waals surface area (Å²) in [6.07, 6.45) is 9.57. The molecule has 4 nitrogen and oxygen atoms in total. The fourth-order valence-electron chi connectivity index (χ4n) is 8.03.